The summed E-state index contributed by atoms with van der Waals surface area (Å²) in [6.45, 7) is 7.13. The first-order valence-electron chi connectivity index (χ1n) is 6.32. The van der Waals surface area contributed by atoms with Gasteiger partial charge in [-0.2, -0.15) is 15.0 Å². The van der Waals surface area contributed by atoms with E-state index in [-0.39, 0.29) is 17.7 Å². The zero-order valence-electron chi connectivity index (χ0n) is 11.1. The molecular weight excluding hydrogens is 268 g/mol. The number of rotatable bonds is 4. The van der Waals surface area contributed by atoms with Crippen molar-refractivity contribution in [2.45, 2.75) is 13.8 Å². The van der Waals surface area contributed by atoms with Crippen LogP contribution in [-0.4, -0.2) is 53.6 Å². The molecule has 1 saturated heterocycles. The van der Waals surface area contributed by atoms with Gasteiger partial charge in [-0.3, -0.25) is 4.79 Å². The summed E-state index contributed by atoms with van der Waals surface area (Å²) in [4.78, 5) is 27.8. The van der Waals surface area contributed by atoms with Gasteiger partial charge in [-0.1, -0.05) is 0 Å². The Labute approximate surface area is 117 Å². The highest BCUT2D eigenvalue weighted by Gasteiger charge is 2.20. The summed E-state index contributed by atoms with van der Waals surface area (Å²) >= 11 is 5.95. The zero-order valence-corrected chi connectivity index (χ0v) is 11.8. The van der Waals surface area contributed by atoms with Crippen molar-refractivity contribution in [1.29, 1.82) is 0 Å². The number of hydrogen-bond acceptors (Lipinski definition) is 6. The second-order valence-corrected chi connectivity index (χ2v) is 4.49. The average Bonchev–Trinajstić information content (AvgIpc) is 2.39. The molecule has 2 rings (SSSR count). The van der Waals surface area contributed by atoms with E-state index in [0.717, 1.165) is 13.1 Å². The van der Waals surface area contributed by atoms with Crippen molar-refractivity contribution in [3.63, 3.8) is 0 Å². The van der Waals surface area contributed by atoms with Gasteiger partial charge >= 0.3 is 0 Å². The normalized spacial score (nSPS) is 15.3. The molecule has 1 N–H and O–H groups in total. The molecular formula is C11H17ClN6O. The highest BCUT2D eigenvalue weighted by Crippen LogP contribution is 2.17. The fourth-order valence-electron chi connectivity index (χ4n) is 1.93. The Hall–Kier alpha value is -1.63. The maximum absolute atomic E-state index is 11.4. The van der Waals surface area contributed by atoms with Gasteiger partial charge in [0.15, 0.2) is 0 Å². The van der Waals surface area contributed by atoms with Crippen LogP contribution in [0, 0.1) is 0 Å². The molecule has 1 aromatic heterocycles. The van der Waals surface area contributed by atoms with Crippen molar-refractivity contribution in [3.8, 4) is 0 Å². The van der Waals surface area contributed by atoms with Crippen LogP contribution in [0.1, 0.15) is 13.8 Å². The van der Waals surface area contributed by atoms with Crippen LogP contribution in [0.5, 0.6) is 0 Å². The SMILES string of the molecule is CCN(CC)c1nc(Cl)nc(N2CCNC(=O)C2)n1. The molecule has 1 aliphatic rings. The fraction of sp³-hybridized carbons (Fsp3) is 0.636. The topological polar surface area (TPSA) is 74.2 Å². The van der Waals surface area contributed by atoms with Crippen LogP contribution < -0.4 is 15.1 Å². The Kier molecular flexibility index (Phi) is 4.36. The van der Waals surface area contributed by atoms with Crippen molar-refractivity contribution in [1.82, 2.24) is 20.3 Å². The fourth-order valence-corrected chi connectivity index (χ4v) is 2.08. The summed E-state index contributed by atoms with van der Waals surface area (Å²) in [6, 6.07) is 0. The van der Waals surface area contributed by atoms with E-state index in [2.05, 4.69) is 20.3 Å². The number of aromatic nitrogens is 3. The number of amides is 1. The lowest BCUT2D eigenvalue weighted by molar-refractivity contribution is -0.120. The molecule has 1 fully saturated rings. The Morgan fingerprint density at radius 3 is 2.68 bits per heavy atom. The molecule has 0 unspecified atom stereocenters. The molecule has 104 valence electrons. The van der Waals surface area contributed by atoms with E-state index >= 15 is 0 Å². The largest absolute Gasteiger partial charge is 0.353 e. The number of hydrogen-bond donors (Lipinski definition) is 1. The second-order valence-electron chi connectivity index (χ2n) is 4.15. The van der Waals surface area contributed by atoms with Crippen LogP contribution in [0.2, 0.25) is 5.28 Å². The molecule has 0 aromatic carbocycles. The van der Waals surface area contributed by atoms with E-state index in [1.807, 2.05) is 18.7 Å². The minimum Gasteiger partial charge on any atom is -0.353 e. The smallest absolute Gasteiger partial charge is 0.239 e. The first-order chi connectivity index (χ1) is 9.13. The van der Waals surface area contributed by atoms with Crippen LogP contribution in [0.15, 0.2) is 0 Å². The van der Waals surface area contributed by atoms with Crippen LogP contribution in [0.3, 0.4) is 0 Å². The van der Waals surface area contributed by atoms with Gasteiger partial charge in [0.2, 0.25) is 23.1 Å². The van der Waals surface area contributed by atoms with Gasteiger partial charge in [-0.15, -0.1) is 0 Å². The van der Waals surface area contributed by atoms with Crippen molar-refractivity contribution >= 4 is 29.4 Å². The standard InChI is InChI=1S/C11H17ClN6O/c1-3-17(4-2)10-14-9(12)15-11(16-10)18-6-5-13-8(19)7-18/h3-7H2,1-2H3,(H,13,19). The molecule has 0 atom stereocenters. The highest BCUT2D eigenvalue weighted by molar-refractivity contribution is 6.28. The van der Waals surface area contributed by atoms with E-state index in [1.165, 1.54) is 0 Å². The second kappa shape index (κ2) is 6.01. The van der Waals surface area contributed by atoms with Gasteiger partial charge < -0.3 is 15.1 Å². The van der Waals surface area contributed by atoms with Crippen LogP contribution in [0.4, 0.5) is 11.9 Å². The molecule has 0 radical (unpaired) electrons. The minimum atomic E-state index is -0.0350. The van der Waals surface area contributed by atoms with E-state index in [9.17, 15) is 4.79 Å². The Balaban J connectivity index is 2.27. The average molecular weight is 285 g/mol. The quantitative estimate of drug-likeness (QED) is 0.858. The third-order valence-electron chi connectivity index (χ3n) is 2.95. The monoisotopic (exact) mass is 284 g/mol. The predicted molar refractivity (Wildman–Crippen MR) is 73.6 cm³/mol. The van der Waals surface area contributed by atoms with Crippen molar-refractivity contribution in [3.05, 3.63) is 5.28 Å². The van der Waals surface area contributed by atoms with E-state index in [1.54, 1.807) is 4.90 Å². The van der Waals surface area contributed by atoms with Crippen molar-refractivity contribution in [2.24, 2.45) is 0 Å². The third-order valence-corrected chi connectivity index (χ3v) is 3.12. The number of halogens is 1. The molecule has 0 saturated carbocycles. The zero-order chi connectivity index (χ0) is 13.8. The number of nitrogens with one attached hydrogen (secondary N) is 1. The minimum absolute atomic E-state index is 0.0350. The van der Waals surface area contributed by atoms with Gasteiger partial charge in [0.25, 0.3) is 0 Å². The maximum Gasteiger partial charge on any atom is 0.239 e. The van der Waals surface area contributed by atoms with E-state index in [4.69, 9.17) is 11.6 Å². The van der Waals surface area contributed by atoms with Gasteiger partial charge in [0.05, 0.1) is 6.54 Å². The maximum atomic E-state index is 11.4. The van der Waals surface area contributed by atoms with Crippen LogP contribution in [0.25, 0.3) is 0 Å². The number of anilines is 2. The molecule has 0 spiro atoms. The molecule has 7 nitrogen and oxygen atoms in total. The Morgan fingerprint density at radius 1 is 1.32 bits per heavy atom. The Morgan fingerprint density at radius 2 is 2.05 bits per heavy atom. The molecule has 0 aliphatic carbocycles. The molecule has 1 aromatic rings. The predicted octanol–water partition coefficient (Wildman–Crippen LogP) is 0.307. The van der Waals surface area contributed by atoms with E-state index < -0.39 is 0 Å². The van der Waals surface area contributed by atoms with Crippen molar-refractivity contribution in [2.75, 3.05) is 42.5 Å². The van der Waals surface area contributed by atoms with Gasteiger partial charge in [0, 0.05) is 26.2 Å². The third kappa shape index (κ3) is 3.23. The number of carbonyl (C=O) groups is 1. The molecule has 8 heteroatoms. The Bertz CT molecular complexity index is 464. The van der Waals surface area contributed by atoms with Crippen LogP contribution in [-0.2, 0) is 4.79 Å². The lowest BCUT2D eigenvalue weighted by atomic mass is 10.4. The summed E-state index contributed by atoms with van der Waals surface area (Å²) in [5.74, 6) is 0.968. The summed E-state index contributed by atoms with van der Waals surface area (Å²) in [5.41, 5.74) is 0. The van der Waals surface area contributed by atoms with Gasteiger partial charge in [0.1, 0.15) is 0 Å². The summed E-state index contributed by atoms with van der Waals surface area (Å²) in [7, 11) is 0. The summed E-state index contributed by atoms with van der Waals surface area (Å²) in [6.07, 6.45) is 0. The van der Waals surface area contributed by atoms with Crippen LogP contribution >= 0.6 is 11.6 Å². The molecule has 2 heterocycles. The first kappa shape index (κ1) is 13.8. The number of piperazine rings is 1. The van der Waals surface area contributed by atoms with Gasteiger partial charge in [-0.25, -0.2) is 0 Å². The summed E-state index contributed by atoms with van der Waals surface area (Å²) < 4.78 is 0. The molecule has 1 amide bonds. The van der Waals surface area contributed by atoms with Gasteiger partial charge in [-0.05, 0) is 25.4 Å². The molecule has 0 bridgehead atoms. The lowest BCUT2D eigenvalue weighted by Gasteiger charge is -2.27. The molecule has 1 aliphatic heterocycles. The molecule has 19 heavy (non-hydrogen) atoms. The summed E-state index contributed by atoms with van der Waals surface area (Å²) in [5, 5.41) is 2.91. The number of nitrogens with zero attached hydrogens (tertiary/aromatic N) is 5. The first-order valence-corrected chi connectivity index (χ1v) is 6.70. The van der Waals surface area contributed by atoms with Crippen molar-refractivity contribution < 1.29 is 4.79 Å². The lowest BCUT2D eigenvalue weighted by Crippen LogP contribution is -2.48. The highest BCUT2D eigenvalue weighted by atomic mass is 35.5. The number of carbonyl (C=O) groups excluding carboxylic acids is 1. The van der Waals surface area contributed by atoms with E-state index in [0.29, 0.717) is 25.0 Å².